The second kappa shape index (κ2) is 10.6. The number of hydrazone groups is 1. The van der Waals surface area contributed by atoms with E-state index >= 15 is 0 Å². The zero-order chi connectivity index (χ0) is 21.3. The van der Waals surface area contributed by atoms with Gasteiger partial charge in [0.25, 0.3) is 5.91 Å². The summed E-state index contributed by atoms with van der Waals surface area (Å²) in [4.78, 5) is 23.9. The molecular weight excluding hydrogens is 472 g/mol. The summed E-state index contributed by atoms with van der Waals surface area (Å²) in [6.07, 6.45) is 1.47. The normalized spacial score (nSPS) is 10.6. The third-order valence-corrected chi connectivity index (χ3v) is 4.50. The van der Waals surface area contributed by atoms with Gasteiger partial charge in [0.15, 0.2) is 6.61 Å². The van der Waals surface area contributed by atoms with Gasteiger partial charge in [0.1, 0.15) is 11.5 Å². The van der Waals surface area contributed by atoms with Crippen LogP contribution in [0.1, 0.15) is 15.9 Å². The molecule has 0 radical (unpaired) electrons. The Hall–Kier alpha value is -3.16. The highest BCUT2D eigenvalue weighted by Crippen LogP contribution is 2.17. The molecule has 3 aromatic carbocycles. The molecule has 30 heavy (non-hydrogen) atoms. The third kappa shape index (κ3) is 6.72. The zero-order valence-electron chi connectivity index (χ0n) is 15.5. The standard InChI is InChI=1S/C22H16BrClN2O4/c23-17-8-6-16(7-9-17)22(28)30-19-10-4-15(5-11-19)13-25-26-21(27)14-29-20-3-1-2-18(24)12-20/h1-13H,14H2,(H,26,27). The number of nitrogens with zero attached hydrogens (tertiary/aromatic N) is 1. The first-order valence-electron chi connectivity index (χ1n) is 8.78. The molecule has 0 saturated heterocycles. The minimum atomic E-state index is -0.448. The van der Waals surface area contributed by atoms with Crippen molar-refractivity contribution in [1.82, 2.24) is 5.43 Å². The van der Waals surface area contributed by atoms with Crippen LogP contribution in [0.4, 0.5) is 0 Å². The molecule has 0 aliphatic rings. The number of ether oxygens (including phenoxy) is 2. The number of amides is 1. The van der Waals surface area contributed by atoms with Crippen LogP contribution < -0.4 is 14.9 Å². The van der Waals surface area contributed by atoms with E-state index < -0.39 is 11.9 Å². The Morgan fingerprint density at radius 2 is 1.73 bits per heavy atom. The summed E-state index contributed by atoms with van der Waals surface area (Å²) >= 11 is 9.17. The molecule has 0 spiro atoms. The summed E-state index contributed by atoms with van der Waals surface area (Å²) in [5.41, 5.74) is 3.54. The van der Waals surface area contributed by atoms with Crippen molar-refractivity contribution >= 4 is 45.6 Å². The van der Waals surface area contributed by atoms with E-state index in [0.29, 0.717) is 22.1 Å². The first-order chi connectivity index (χ1) is 14.5. The minimum Gasteiger partial charge on any atom is -0.484 e. The third-order valence-electron chi connectivity index (χ3n) is 3.74. The number of rotatable bonds is 7. The van der Waals surface area contributed by atoms with Gasteiger partial charge in [0, 0.05) is 9.50 Å². The largest absolute Gasteiger partial charge is 0.484 e. The van der Waals surface area contributed by atoms with Crippen LogP contribution in [0.2, 0.25) is 5.02 Å². The second-order valence-electron chi connectivity index (χ2n) is 6.00. The number of hydrogen-bond acceptors (Lipinski definition) is 5. The van der Waals surface area contributed by atoms with Gasteiger partial charge in [-0.05, 0) is 72.3 Å². The molecule has 0 aliphatic heterocycles. The van der Waals surface area contributed by atoms with E-state index in [2.05, 4.69) is 26.5 Å². The highest BCUT2D eigenvalue weighted by Gasteiger charge is 2.08. The zero-order valence-corrected chi connectivity index (χ0v) is 17.9. The molecule has 0 bridgehead atoms. The summed E-state index contributed by atoms with van der Waals surface area (Å²) in [5.74, 6) is 0.0380. The molecule has 0 saturated carbocycles. The van der Waals surface area contributed by atoms with Gasteiger partial charge >= 0.3 is 5.97 Å². The quantitative estimate of drug-likeness (QED) is 0.224. The summed E-state index contributed by atoms with van der Waals surface area (Å²) < 4.78 is 11.5. The van der Waals surface area contributed by atoms with Crippen molar-refractivity contribution in [3.63, 3.8) is 0 Å². The maximum atomic E-state index is 12.1. The number of benzene rings is 3. The van der Waals surface area contributed by atoms with E-state index in [1.54, 1.807) is 72.8 Å². The van der Waals surface area contributed by atoms with Gasteiger partial charge < -0.3 is 9.47 Å². The van der Waals surface area contributed by atoms with Crippen LogP contribution in [0.15, 0.2) is 82.4 Å². The van der Waals surface area contributed by atoms with Crippen LogP contribution in [-0.4, -0.2) is 24.7 Å². The average Bonchev–Trinajstić information content (AvgIpc) is 2.74. The first kappa shape index (κ1) is 21.5. The Labute approximate surface area is 186 Å². The van der Waals surface area contributed by atoms with Crippen molar-refractivity contribution in [1.29, 1.82) is 0 Å². The van der Waals surface area contributed by atoms with Crippen molar-refractivity contribution in [2.24, 2.45) is 5.10 Å². The Morgan fingerprint density at radius 1 is 1.00 bits per heavy atom. The van der Waals surface area contributed by atoms with Crippen molar-refractivity contribution in [2.45, 2.75) is 0 Å². The van der Waals surface area contributed by atoms with E-state index in [0.717, 1.165) is 10.0 Å². The lowest BCUT2D eigenvalue weighted by Gasteiger charge is -2.05. The van der Waals surface area contributed by atoms with E-state index in [1.165, 1.54) is 6.21 Å². The average molecular weight is 488 g/mol. The molecule has 0 fully saturated rings. The smallest absolute Gasteiger partial charge is 0.343 e. The van der Waals surface area contributed by atoms with Crippen LogP contribution in [0, 0.1) is 0 Å². The SMILES string of the molecule is O=C(COc1cccc(Cl)c1)NN=Cc1ccc(OC(=O)c2ccc(Br)cc2)cc1. The Morgan fingerprint density at radius 3 is 2.43 bits per heavy atom. The predicted molar refractivity (Wildman–Crippen MR) is 118 cm³/mol. The summed E-state index contributed by atoms with van der Waals surface area (Å²) in [6, 6.07) is 20.3. The van der Waals surface area contributed by atoms with Gasteiger partial charge in [-0.2, -0.15) is 5.10 Å². The maximum absolute atomic E-state index is 12.1. The van der Waals surface area contributed by atoms with Gasteiger partial charge in [-0.1, -0.05) is 33.6 Å². The van der Waals surface area contributed by atoms with Crippen LogP contribution in [0.25, 0.3) is 0 Å². The number of carbonyl (C=O) groups is 2. The number of hydrogen-bond donors (Lipinski definition) is 1. The van der Waals surface area contributed by atoms with Crippen molar-refractivity contribution in [2.75, 3.05) is 6.61 Å². The molecular formula is C22H16BrClN2O4. The fraction of sp³-hybridized carbons (Fsp3) is 0.0455. The molecule has 0 atom stereocenters. The number of esters is 1. The molecule has 1 N–H and O–H groups in total. The Kier molecular flexibility index (Phi) is 7.59. The highest BCUT2D eigenvalue weighted by molar-refractivity contribution is 9.10. The summed E-state index contributed by atoms with van der Waals surface area (Å²) in [5, 5.41) is 4.40. The van der Waals surface area contributed by atoms with Crippen LogP contribution in [0.3, 0.4) is 0 Å². The van der Waals surface area contributed by atoms with Crippen LogP contribution in [0.5, 0.6) is 11.5 Å². The molecule has 3 rings (SSSR count). The van der Waals surface area contributed by atoms with Gasteiger partial charge in [0.2, 0.25) is 0 Å². The van der Waals surface area contributed by atoms with Gasteiger partial charge in [0.05, 0.1) is 11.8 Å². The van der Waals surface area contributed by atoms with E-state index in [-0.39, 0.29) is 6.61 Å². The number of nitrogens with one attached hydrogen (secondary N) is 1. The first-order valence-corrected chi connectivity index (χ1v) is 9.95. The van der Waals surface area contributed by atoms with Crippen LogP contribution in [-0.2, 0) is 4.79 Å². The lowest BCUT2D eigenvalue weighted by molar-refractivity contribution is -0.123. The highest BCUT2D eigenvalue weighted by atomic mass is 79.9. The molecule has 8 heteroatoms. The molecule has 0 heterocycles. The van der Waals surface area contributed by atoms with Crippen molar-refractivity contribution in [3.8, 4) is 11.5 Å². The Balaban J connectivity index is 1.46. The fourth-order valence-corrected chi connectivity index (χ4v) is 2.74. The molecule has 6 nitrogen and oxygen atoms in total. The molecule has 152 valence electrons. The van der Waals surface area contributed by atoms with E-state index in [1.807, 2.05) is 0 Å². The lowest BCUT2D eigenvalue weighted by atomic mass is 10.2. The van der Waals surface area contributed by atoms with E-state index in [4.69, 9.17) is 21.1 Å². The topological polar surface area (TPSA) is 77.0 Å². The monoisotopic (exact) mass is 486 g/mol. The summed E-state index contributed by atoms with van der Waals surface area (Å²) in [6.45, 7) is -0.192. The molecule has 3 aromatic rings. The van der Waals surface area contributed by atoms with Gasteiger partial charge in [-0.3, -0.25) is 4.79 Å². The fourth-order valence-electron chi connectivity index (χ4n) is 2.29. The second-order valence-corrected chi connectivity index (χ2v) is 7.36. The number of halogens is 2. The van der Waals surface area contributed by atoms with Gasteiger partial charge in [-0.15, -0.1) is 0 Å². The predicted octanol–water partition coefficient (Wildman–Crippen LogP) is 4.85. The maximum Gasteiger partial charge on any atom is 0.343 e. The molecule has 0 aromatic heterocycles. The van der Waals surface area contributed by atoms with E-state index in [9.17, 15) is 9.59 Å². The van der Waals surface area contributed by atoms with Gasteiger partial charge in [-0.25, -0.2) is 10.2 Å². The molecule has 0 aliphatic carbocycles. The summed E-state index contributed by atoms with van der Waals surface area (Å²) in [7, 11) is 0. The minimum absolute atomic E-state index is 0.192. The molecule has 1 amide bonds. The van der Waals surface area contributed by atoms with Crippen molar-refractivity contribution in [3.05, 3.63) is 93.4 Å². The van der Waals surface area contributed by atoms with Crippen molar-refractivity contribution < 1.29 is 19.1 Å². The Bertz CT molecular complexity index is 1050. The lowest BCUT2D eigenvalue weighted by Crippen LogP contribution is -2.24. The number of carbonyl (C=O) groups excluding carboxylic acids is 2. The molecule has 0 unspecified atom stereocenters. The van der Waals surface area contributed by atoms with Crippen LogP contribution >= 0.6 is 27.5 Å².